The lowest BCUT2D eigenvalue weighted by Gasteiger charge is -2.06. The molecule has 0 fully saturated rings. The van der Waals surface area contributed by atoms with E-state index < -0.39 is 0 Å². The highest BCUT2D eigenvalue weighted by molar-refractivity contribution is 5.90. The first-order chi connectivity index (χ1) is 14.0. The predicted molar refractivity (Wildman–Crippen MR) is 101 cm³/mol. The summed E-state index contributed by atoms with van der Waals surface area (Å²) in [6.07, 6.45) is 3.05. The van der Waals surface area contributed by atoms with Gasteiger partial charge in [-0.1, -0.05) is 11.2 Å². The molecular weight excluding hydrogens is 380 g/mol. The summed E-state index contributed by atoms with van der Waals surface area (Å²) < 4.78 is 33.3. The Morgan fingerprint density at radius 1 is 1.17 bits per heavy atom. The molecule has 0 unspecified atom stereocenters. The second-order valence-electron chi connectivity index (χ2n) is 6.37. The first-order valence-corrected chi connectivity index (χ1v) is 8.66. The van der Waals surface area contributed by atoms with Crippen LogP contribution in [0.3, 0.4) is 0 Å². The fraction of sp³-hybridized carbons (Fsp3) is 0.100. The minimum Gasteiger partial charge on any atom is -0.334 e. The summed E-state index contributed by atoms with van der Waals surface area (Å²) in [5, 5.41) is 6.50. The van der Waals surface area contributed by atoms with E-state index in [1.54, 1.807) is 29.8 Å². The van der Waals surface area contributed by atoms with E-state index in [2.05, 4.69) is 20.4 Å². The molecule has 4 rings (SSSR count). The number of nitrogens with one attached hydrogen (secondary N) is 1. The van der Waals surface area contributed by atoms with Crippen molar-refractivity contribution in [1.82, 2.24) is 19.7 Å². The molecule has 0 aliphatic rings. The van der Waals surface area contributed by atoms with Crippen LogP contribution in [0.1, 0.15) is 5.56 Å². The van der Waals surface area contributed by atoms with Crippen molar-refractivity contribution in [3.8, 4) is 23.0 Å². The van der Waals surface area contributed by atoms with Crippen LogP contribution in [0.5, 0.6) is 0 Å². The quantitative estimate of drug-likeness (QED) is 0.555. The maximum absolute atomic E-state index is 13.6. The summed E-state index contributed by atoms with van der Waals surface area (Å²) >= 11 is 0. The van der Waals surface area contributed by atoms with E-state index in [4.69, 9.17) is 4.52 Å². The molecule has 2 aromatic carbocycles. The Morgan fingerprint density at radius 2 is 1.97 bits per heavy atom. The fourth-order valence-corrected chi connectivity index (χ4v) is 2.64. The van der Waals surface area contributed by atoms with Crippen molar-refractivity contribution in [2.24, 2.45) is 0 Å². The highest BCUT2D eigenvalue weighted by Gasteiger charge is 2.14. The topological polar surface area (TPSA) is 85.8 Å². The van der Waals surface area contributed by atoms with Crippen molar-refractivity contribution in [3.63, 3.8) is 0 Å². The predicted octanol–water partition coefficient (Wildman–Crippen LogP) is 3.83. The number of imidazole rings is 1. The van der Waals surface area contributed by atoms with E-state index in [0.717, 1.165) is 0 Å². The molecule has 9 heteroatoms. The zero-order chi connectivity index (χ0) is 20.4. The van der Waals surface area contributed by atoms with E-state index in [-0.39, 0.29) is 35.8 Å². The van der Waals surface area contributed by atoms with Gasteiger partial charge in [-0.2, -0.15) is 4.98 Å². The molecule has 146 valence electrons. The number of carbonyl (C=O) groups excluding carboxylic acids is 1. The standard InChI is InChI=1S/C20H15F2N5O2/c1-12-2-7-15(8-16(12)22)24-18(28)10-27-9-17(23-11-27)19-25-20(29-26-19)13-3-5-14(21)6-4-13/h2-9,11H,10H2,1H3,(H,24,28). The molecule has 29 heavy (non-hydrogen) atoms. The van der Waals surface area contributed by atoms with Crippen molar-refractivity contribution in [2.75, 3.05) is 5.32 Å². The van der Waals surface area contributed by atoms with Gasteiger partial charge in [0.05, 0.1) is 6.33 Å². The Morgan fingerprint density at radius 3 is 2.72 bits per heavy atom. The van der Waals surface area contributed by atoms with Crippen LogP contribution in [-0.2, 0) is 11.3 Å². The molecule has 0 aliphatic heterocycles. The lowest BCUT2D eigenvalue weighted by atomic mass is 10.2. The molecule has 1 N–H and O–H groups in total. The van der Waals surface area contributed by atoms with Gasteiger partial charge in [0.2, 0.25) is 11.7 Å². The normalized spacial score (nSPS) is 10.9. The zero-order valence-corrected chi connectivity index (χ0v) is 15.3. The third kappa shape index (κ3) is 4.18. The van der Waals surface area contributed by atoms with Crippen LogP contribution in [0.25, 0.3) is 23.0 Å². The Labute approximate surface area is 164 Å². The number of hydrogen-bond donors (Lipinski definition) is 1. The molecule has 2 aromatic heterocycles. The van der Waals surface area contributed by atoms with Gasteiger partial charge in [-0.05, 0) is 48.9 Å². The van der Waals surface area contributed by atoms with E-state index in [0.29, 0.717) is 22.5 Å². The number of aryl methyl sites for hydroxylation is 1. The van der Waals surface area contributed by atoms with Crippen LogP contribution < -0.4 is 5.32 Å². The first-order valence-electron chi connectivity index (χ1n) is 8.66. The third-order valence-corrected chi connectivity index (χ3v) is 4.16. The molecule has 0 radical (unpaired) electrons. The van der Waals surface area contributed by atoms with Crippen LogP contribution in [0.4, 0.5) is 14.5 Å². The van der Waals surface area contributed by atoms with E-state index in [1.165, 1.54) is 36.7 Å². The third-order valence-electron chi connectivity index (χ3n) is 4.16. The minimum absolute atomic E-state index is 0.0227. The number of halogens is 2. The minimum atomic E-state index is -0.387. The van der Waals surface area contributed by atoms with Crippen molar-refractivity contribution < 1.29 is 18.1 Å². The van der Waals surface area contributed by atoms with Crippen molar-refractivity contribution in [3.05, 3.63) is 72.2 Å². The molecule has 7 nitrogen and oxygen atoms in total. The summed E-state index contributed by atoms with van der Waals surface area (Å²) in [5.41, 5.74) is 1.87. The van der Waals surface area contributed by atoms with Gasteiger partial charge in [-0.3, -0.25) is 4.79 Å². The number of hydrogen-bond acceptors (Lipinski definition) is 5. The Hall–Kier alpha value is -3.88. The molecular formula is C20H15F2N5O2. The van der Waals surface area contributed by atoms with E-state index in [9.17, 15) is 13.6 Å². The van der Waals surface area contributed by atoms with Gasteiger partial charge >= 0.3 is 0 Å². The van der Waals surface area contributed by atoms with Crippen LogP contribution in [0.15, 0.2) is 59.5 Å². The lowest BCUT2D eigenvalue weighted by molar-refractivity contribution is -0.116. The van der Waals surface area contributed by atoms with E-state index in [1.807, 2.05) is 0 Å². The molecule has 0 aliphatic carbocycles. The summed E-state index contributed by atoms with van der Waals surface area (Å²) in [6, 6.07) is 10.1. The Balaban J connectivity index is 1.43. The van der Waals surface area contributed by atoms with Crippen LogP contribution in [0.2, 0.25) is 0 Å². The van der Waals surface area contributed by atoms with Crippen LogP contribution >= 0.6 is 0 Å². The number of carbonyl (C=O) groups is 1. The van der Waals surface area contributed by atoms with Gasteiger partial charge in [-0.15, -0.1) is 0 Å². The molecule has 4 aromatic rings. The Bertz CT molecular complexity index is 1170. The maximum atomic E-state index is 13.6. The average molecular weight is 395 g/mol. The fourth-order valence-electron chi connectivity index (χ4n) is 2.64. The highest BCUT2D eigenvalue weighted by atomic mass is 19.1. The van der Waals surface area contributed by atoms with Gasteiger partial charge in [0.15, 0.2) is 0 Å². The number of anilines is 1. The molecule has 1 amide bonds. The monoisotopic (exact) mass is 395 g/mol. The number of benzene rings is 2. The summed E-state index contributed by atoms with van der Waals surface area (Å²) in [4.78, 5) is 20.6. The molecule has 0 atom stereocenters. The van der Waals surface area contributed by atoms with Crippen molar-refractivity contribution >= 4 is 11.6 Å². The van der Waals surface area contributed by atoms with Gasteiger partial charge in [-0.25, -0.2) is 13.8 Å². The number of nitrogens with zero attached hydrogens (tertiary/aromatic N) is 4. The van der Waals surface area contributed by atoms with Gasteiger partial charge in [0.1, 0.15) is 23.9 Å². The lowest BCUT2D eigenvalue weighted by Crippen LogP contribution is -2.18. The van der Waals surface area contributed by atoms with Crippen LogP contribution in [-0.4, -0.2) is 25.6 Å². The molecule has 0 saturated heterocycles. The van der Waals surface area contributed by atoms with E-state index >= 15 is 0 Å². The second-order valence-corrected chi connectivity index (χ2v) is 6.37. The second kappa shape index (κ2) is 7.63. The molecule has 0 spiro atoms. The number of aromatic nitrogens is 4. The van der Waals surface area contributed by atoms with Crippen molar-refractivity contribution in [2.45, 2.75) is 13.5 Å². The number of amides is 1. The van der Waals surface area contributed by atoms with Crippen LogP contribution in [0, 0.1) is 18.6 Å². The maximum Gasteiger partial charge on any atom is 0.258 e. The molecule has 0 saturated carbocycles. The summed E-state index contributed by atoms with van der Waals surface area (Å²) in [7, 11) is 0. The average Bonchev–Trinajstić information content (AvgIpc) is 3.35. The smallest absolute Gasteiger partial charge is 0.258 e. The summed E-state index contributed by atoms with van der Waals surface area (Å²) in [5.74, 6) is -0.615. The highest BCUT2D eigenvalue weighted by Crippen LogP contribution is 2.21. The first kappa shape index (κ1) is 18.5. The Kier molecular flexibility index (Phi) is 4.86. The van der Waals surface area contributed by atoms with Gasteiger partial charge < -0.3 is 14.4 Å². The number of rotatable bonds is 5. The SMILES string of the molecule is Cc1ccc(NC(=O)Cn2cnc(-c3noc(-c4ccc(F)cc4)n3)c2)cc1F. The van der Waals surface area contributed by atoms with Gasteiger partial charge in [0, 0.05) is 17.4 Å². The summed E-state index contributed by atoms with van der Waals surface area (Å²) in [6.45, 7) is 1.62. The molecule has 0 bridgehead atoms. The van der Waals surface area contributed by atoms with Crippen molar-refractivity contribution in [1.29, 1.82) is 0 Å². The zero-order valence-electron chi connectivity index (χ0n) is 15.3. The largest absolute Gasteiger partial charge is 0.334 e. The van der Waals surface area contributed by atoms with Gasteiger partial charge in [0.25, 0.3) is 5.89 Å². The molecule has 2 heterocycles.